The van der Waals surface area contributed by atoms with Gasteiger partial charge < -0.3 is 9.64 Å². The van der Waals surface area contributed by atoms with Crippen LogP contribution in [0.15, 0.2) is 0 Å². The summed E-state index contributed by atoms with van der Waals surface area (Å²) in [6.07, 6.45) is 0.762. The van der Waals surface area contributed by atoms with Gasteiger partial charge in [-0.3, -0.25) is 4.90 Å². The Hall–Kier alpha value is -0.840. The van der Waals surface area contributed by atoms with E-state index in [-0.39, 0.29) is 6.09 Å². The van der Waals surface area contributed by atoms with E-state index in [1.54, 1.807) is 4.90 Å². The van der Waals surface area contributed by atoms with Crippen molar-refractivity contribution in [2.75, 3.05) is 32.7 Å². The summed E-state index contributed by atoms with van der Waals surface area (Å²) in [6, 6.07) is 0. The van der Waals surface area contributed by atoms with Crippen LogP contribution in [0.1, 0.15) is 33.6 Å². The molecule has 4 nitrogen and oxygen atoms in total. The molecule has 0 radical (unpaired) electrons. The van der Waals surface area contributed by atoms with Crippen LogP contribution in [0, 0.1) is 5.92 Å². The first-order chi connectivity index (χ1) is 8.83. The van der Waals surface area contributed by atoms with E-state index in [9.17, 15) is 9.18 Å². The van der Waals surface area contributed by atoms with E-state index in [4.69, 9.17) is 4.74 Å². The Labute approximate surface area is 114 Å². The maximum atomic E-state index is 13.1. The van der Waals surface area contributed by atoms with E-state index in [0.29, 0.717) is 18.9 Å². The molecule has 2 aliphatic heterocycles. The number of ether oxygens (including phenoxy) is 1. The molecule has 0 N–H and O–H groups in total. The van der Waals surface area contributed by atoms with E-state index in [2.05, 4.69) is 4.90 Å². The third kappa shape index (κ3) is 4.34. The summed E-state index contributed by atoms with van der Waals surface area (Å²) in [6.45, 7) is 9.44. The van der Waals surface area contributed by atoms with Gasteiger partial charge in [0.1, 0.15) is 11.8 Å². The van der Waals surface area contributed by atoms with Crippen molar-refractivity contribution >= 4 is 6.09 Å². The summed E-state index contributed by atoms with van der Waals surface area (Å²) in [5, 5.41) is 0. The Bertz CT molecular complexity index is 330. The first kappa shape index (κ1) is 14.6. The van der Waals surface area contributed by atoms with E-state index < -0.39 is 11.8 Å². The fourth-order valence-corrected chi connectivity index (χ4v) is 2.79. The Kier molecular flexibility index (Phi) is 4.33. The molecule has 2 aliphatic rings. The maximum Gasteiger partial charge on any atom is 0.410 e. The SMILES string of the molecule is CC(C)(C)OC(=O)N1CC[C@H](CN2CCC(F)C2)C1. The first-order valence-corrected chi connectivity index (χ1v) is 7.18. The summed E-state index contributed by atoms with van der Waals surface area (Å²) in [7, 11) is 0. The normalized spacial score (nSPS) is 28.9. The molecular formula is C14H25FN2O2. The molecular weight excluding hydrogens is 247 g/mol. The largest absolute Gasteiger partial charge is 0.444 e. The lowest BCUT2D eigenvalue weighted by Crippen LogP contribution is -2.36. The number of halogens is 1. The highest BCUT2D eigenvalue weighted by Gasteiger charge is 2.32. The van der Waals surface area contributed by atoms with Gasteiger partial charge in [-0.25, -0.2) is 9.18 Å². The molecule has 0 aromatic carbocycles. The second kappa shape index (κ2) is 5.65. The molecule has 1 amide bonds. The molecule has 2 heterocycles. The standard InChI is InChI=1S/C14H25FN2O2/c1-14(2,3)19-13(18)17-7-4-11(9-17)8-16-6-5-12(15)10-16/h11-12H,4-10H2,1-3H3/t11-,12?/m1/s1. The van der Waals surface area contributed by atoms with Crippen LogP contribution < -0.4 is 0 Å². The van der Waals surface area contributed by atoms with Crippen LogP contribution in [0.2, 0.25) is 0 Å². The Morgan fingerprint density at radius 2 is 2.00 bits per heavy atom. The number of hydrogen-bond donors (Lipinski definition) is 0. The molecule has 0 aromatic heterocycles. The van der Waals surface area contributed by atoms with Crippen molar-refractivity contribution in [1.29, 1.82) is 0 Å². The van der Waals surface area contributed by atoms with Crippen LogP contribution in [-0.2, 0) is 4.74 Å². The number of likely N-dealkylation sites (tertiary alicyclic amines) is 2. The van der Waals surface area contributed by atoms with Crippen molar-refractivity contribution in [3.05, 3.63) is 0 Å². The van der Waals surface area contributed by atoms with E-state index >= 15 is 0 Å². The molecule has 0 aromatic rings. The minimum Gasteiger partial charge on any atom is -0.444 e. The second-order valence-corrected chi connectivity index (χ2v) is 6.73. The molecule has 1 unspecified atom stereocenters. The van der Waals surface area contributed by atoms with Crippen molar-refractivity contribution in [3.63, 3.8) is 0 Å². The fraction of sp³-hybridized carbons (Fsp3) is 0.929. The predicted molar refractivity (Wildman–Crippen MR) is 71.9 cm³/mol. The molecule has 19 heavy (non-hydrogen) atoms. The average Bonchev–Trinajstić information content (AvgIpc) is 2.86. The first-order valence-electron chi connectivity index (χ1n) is 7.18. The highest BCUT2D eigenvalue weighted by Crippen LogP contribution is 2.22. The molecule has 2 atom stereocenters. The van der Waals surface area contributed by atoms with E-state index in [0.717, 1.165) is 32.6 Å². The quantitative estimate of drug-likeness (QED) is 0.773. The number of carbonyl (C=O) groups excluding carboxylic acids is 1. The lowest BCUT2D eigenvalue weighted by molar-refractivity contribution is 0.0285. The van der Waals surface area contributed by atoms with Crippen LogP contribution in [0.3, 0.4) is 0 Å². The zero-order valence-electron chi connectivity index (χ0n) is 12.2. The fourth-order valence-electron chi connectivity index (χ4n) is 2.79. The topological polar surface area (TPSA) is 32.8 Å². The summed E-state index contributed by atoms with van der Waals surface area (Å²) in [5.74, 6) is 0.456. The lowest BCUT2D eigenvalue weighted by atomic mass is 10.1. The number of amides is 1. The third-order valence-electron chi connectivity index (χ3n) is 3.67. The summed E-state index contributed by atoms with van der Waals surface area (Å²) in [5.41, 5.74) is -0.439. The van der Waals surface area contributed by atoms with Gasteiger partial charge in [0.2, 0.25) is 0 Å². The van der Waals surface area contributed by atoms with Crippen LogP contribution in [0.4, 0.5) is 9.18 Å². The van der Waals surface area contributed by atoms with Gasteiger partial charge in [0.25, 0.3) is 0 Å². The second-order valence-electron chi connectivity index (χ2n) is 6.73. The van der Waals surface area contributed by atoms with Crippen LogP contribution in [0.25, 0.3) is 0 Å². The van der Waals surface area contributed by atoms with Gasteiger partial charge in [-0.15, -0.1) is 0 Å². The minimum absolute atomic E-state index is 0.222. The molecule has 0 bridgehead atoms. The van der Waals surface area contributed by atoms with Gasteiger partial charge in [0, 0.05) is 32.7 Å². The van der Waals surface area contributed by atoms with Gasteiger partial charge >= 0.3 is 6.09 Å². The number of rotatable bonds is 2. The predicted octanol–water partition coefficient (Wildman–Crippen LogP) is 2.29. The van der Waals surface area contributed by atoms with Crippen molar-refractivity contribution < 1.29 is 13.9 Å². The molecule has 0 spiro atoms. The molecule has 2 saturated heterocycles. The van der Waals surface area contributed by atoms with Gasteiger partial charge in [-0.2, -0.15) is 0 Å². The molecule has 5 heteroatoms. The molecule has 2 fully saturated rings. The third-order valence-corrected chi connectivity index (χ3v) is 3.67. The van der Waals surface area contributed by atoms with E-state index in [1.165, 1.54) is 0 Å². The summed E-state index contributed by atoms with van der Waals surface area (Å²) in [4.78, 5) is 15.9. The molecule has 0 aliphatic carbocycles. The summed E-state index contributed by atoms with van der Waals surface area (Å²) < 4.78 is 18.5. The zero-order chi connectivity index (χ0) is 14.0. The number of nitrogens with zero attached hydrogens (tertiary/aromatic N) is 2. The van der Waals surface area contributed by atoms with Gasteiger partial charge in [0.15, 0.2) is 0 Å². The van der Waals surface area contributed by atoms with Crippen LogP contribution in [-0.4, -0.2) is 60.4 Å². The number of hydrogen-bond acceptors (Lipinski definition) is 3. The Morgan fingerprint density at radius 3 is 2.58 bits per heavy atom. The highest BCUT2D eigenvalue weighted by molar-refractivity contribution is 5.68. The maximum absolute atomic E-state index is 13.1. The van der Waals surface area contributed by atoms with Gasteiger partial charge in [-0.1, -0.05) is 0 Å². The Morgan fingerprint density at radius 1 is 1.26 bits per heavy atom. The molecule has 2 rings (SSSR count). The molecule has 110 valence electrons. The van der Waals surface area contributed by atoms with Gasteiger partial charge in [0.05, 0.1) is 0 Å². The van der Waals surface area contributed by atoms with Crippen molar-refractivity contribution in [2.45, 2.75) is 45.4 Å². The lowest BCUT2D eigenvalue weighted by Gasteiger charge is -2.25. The van der Waals surface area contributed by atoms with Gasteiger partial charge in [-0.05, 0) is 39.5 Å². The van der Waals surface area contributed by atoms with Crippen molar-refractivity contribution in [2.24, 2.45) is 5.92 Å². The van der Waals surface area contributed by atoms with Crippen LogP contribution in [0.5, 0.6) is 0 Å². The monoisotopic (exact) mass is 272 g/mol. The van der Waals surface area contributed by atoms with Crippen LogP contribution >= 0.6 is 0 Å². The smallest absolute Gasteiger partial charge is 0.410 e. The Balaban J connectivity index is 1.75. The zero-order valence-corrected chi connectivity index (χ0v) is 12.2. The molecule has 0 saturated carbocycles. The number of alkyl halides is 1. The highest BCUT2D eigenvalue weighted by atomic mass is 19.1. The number of carbonyl (C=O) groups is 1. The minimum atomic E-state index is -0.664. The van der Waals surface area contributed by atoms with Crippen molar-refractivity contribution in [1.82, 2.24) is 9.80 Å². The average molecular weight is 272 g/mol. The van der Waals surface area contributed by atoms with E-state index in [1.807, 2.05) is 20.8 Å². The van der Waals surface area contributed by atoms with Crippen molar-refractivity contribution in [3.8, 4) is 0 Å². The summed E-state index contributed by atoms with van der Waals surface area (Å²) >= 11 is 0.